The zero-order chi connectivity index (χ0) is 10.1. The number of nitrogens with two attached hydrogens (primary N) is 1. The Kier molecular flexibility index (Phi) is 8.97. The van der Waals surface area contributed by atoms with Crippen LogP contribution in [0.5, 0.6) is 0 Å². The topological polar surface area (TPSA) is 44.5 Å². The Hall–Kier alpha value is 0.230. The highest BCUT2D eigenvalue weighted by Crippen LogP contribution is 2.08. The van der Waals surface area contributed by atoms with Gasteiger partial charge in [0.2, 0.25) is 0 Å². The average Bonchev–Trinajstić information content (AvgIpc) is 2.04. The largest absolute Gasteiger partial charge is 0.352 e. The van der Waals surface area contributed by atoms with Gasteiger partial charge in [-0.2, -0.15) is 11.8 Å². The Morgan fingerprint density at radius 1 is 1.15 bits per heavy atom. The monoisotopic (exact) mass is 207 g/mol. The van der Waals surface area contributed by atoms with E-state index in [0.717, 1.165) is 11.5 Å². The number of hydrogen-bond acceptors (Lipinski definition) is 4. The van der Waals surface area contributed by atoms with Crippen LogP contribution in [0.3, 0.4) is 0 Å². The third-order valence-electron chi connectivity index (χ3n) is 1.34. The second kappa shape index (κ2) is 8.81. The van der Waals surface area contributed by atoms with Crippen molar-refractivity contribution in [2.24, 2.45) is 5.73 Å². The highest BCUT2D eigenvalue weighted by atomic mass is 32.2. The van der Waals surface area contributed by atoms with E-state index >= 15 is 0 Å². The second-order valence-corrected chi connectivity index (χ2v) is 3.93. The molecule has 0 aliphatic rings. The van der Waals surface area contributed by atoms with E-state index in [2.05, 4.69) is 0 Å². The molecule has 0 fully saturated rings. The Labute approximate surface area is 85.3 Å². The summed E-state index contributed by atoms with van der Waals surface area (Å²) in [6, 6.07) is 0.244. The fraction of sp³-hybridized carbons (Fsp3) is 1.00. The fourth-order valence-electron chi connectivity index (χ4n) is 0.866. The first-order chi connectivity index (χ1) is 6.20. The van der Waals surface area contributed by atoms with Crippen LogP contribution in [0.25, 0.3) is 0 Å². The molecule has 1 atom stereocenters. The third kappa shape index (κ3) is 8.56. The molecular formula is C9H21NO2S. The summed E-state index contributed by atoms with van der Waals surface area (Å²) in [6.45, 7) is 7.35. The third-order valence-corrected chi connectivity index (χ3v) is 2.61. The van der Waals surface area contributed by atoms with Crippen molar-refractivity contribution in [3.63, 3.8) is 0 Å². The number of ether oxygens (including phenoxy) is 2. The maximum absolute atomic E-state index is 5.62. The van der Waals surface area contributed by atoms with Gasteiger partial charge in [0.05, 0.1) is 0 Å². The quantitative estimate of drug-likeness (QED) is 0.612. The van der Waals surface area contributed by atoms with Gasteiger partial charge in [-0.3, -0.25) is 0 Å². The minimum atomic E-state index is -0.0706. The van der Waals surface area contributed by atoms with E-state index in [-0.39, 0.29) is 12.3 Å². The van der Waals surface area contributed by atoms with E-state index < -0.39 is 0 Å². The lowest BCUT2D eigenvalue weighted by Gasteiger charge is -2.16. The van der Waals surface area contributed by atoms with Crippen molar-refractivity contribution in [3.05, 3.63) is 0 Å². The molecule has 0 aliphatic carbocycles. The summed E-state index contributed by atoms with van der Waals surface area (Å²) in [7, 11) is 0. The summed E-state index contributed by atoms with van der Waals surface area (Å²) in [5.41, 5.74) is 5.62. The average molecular weight is 207 g/mol. The van der Waals surface area contributed by atoms with E-state index in [9.17, 15) is 0 Å². The Morgan fingerprint density at radius 2 is 1.69 bits per heavy atom. The van der Waals surface area contributed by atoms with Crippen molar-refractivity contribution in [1.29, 1.82) is 0 Å². The first-order valence-corrected chi connectivity index (χ1v) is 5.92. The Bertz CT molecular complexity index is 106. The molecule has 2 N–H and O–H groups in total. The van der Waals surface area contributed by atoms with Gasteiger partial charge in [0.15, 0.2) is 6.29 Å². The van der Waals surface area contributed by atoms with Crippen LogP contribution in [0.15, 0.2) is 0 Å². The van der Waals surface area contributed by atoms with Crippen LogP contribution in [0, 0.1) is 0 Å². The van der Waals surface area contributed by atoms with Gasteiger partial charge in [0.1, 0.15) is 0 Å². The molecule has 0 radical (unpaired) electrons. The summed E-state index contributed by atoms with van der Waals surface area (Å²) < 4.78 is 10.8. The van der Waals surface area contributed by atoms with Gasteiger partial charge in [-0.15, -0.1) is 0 Å². The molecule has 0 rings (SSSR count). The molecule has 0 bridgehead atoms. The fourth-order valence-corrected chi connectivity index (χ4v) is 1.76. The molecule has 3 nitrogen and oxygen atoms in total. The van der Waals surface area contributed by atoms with Crippen LogP contribution in [0.2, 0.25) is 0 Å². The van der Waals surface area contributed by atoms with E-state index in [1.54, 1.807) is 11.8 Å². The van der Waals surface area contributed by atoms with Crippen LogP contribution >= 0.6 is 11.8 Å². The molecule has 4 heteroatoms. The summed E-state index contributed by atoms with van der Waals surface area (Å²) in [5, 5.41) is 0. The molecule has 0 aromatic rings. The van der Waals surface area contributed by atoms with Gasteiger partial charge >= 0.3 is 0 Å². The lowest BCUT2D eigenvalue weighted by atomic mass is 10.4. The highest BCUT2D eigenvalue weighted by molar-refractivity contribution is 7.99. The first-order valence-electron chi connectivity index (χ1n) is 4.77. The molecule has 13 heavy (non-hydrogen) atoms. The summed E-state index contributed by atoms with van der Waals surface area (Å²) in [6.07, 6.45) is -0.0706. The molecule has 1 unspecified atom stereocenters. The molecule has 0 heterocycles. The molecule has 0 saturated heterocycles. The van der Waals surface area contributed by atoms with Crippen molar-refractivity contribution in [3.8, 4) is 0 Å². The first kappa shape index (κ1) is 13.2. The predicted octanol–water partition coefficient (Wildman–Crippen LogP) is 1.47. The zero-order valence-electron chi connectivity index (χ0n) is 8.79. The minimum Gasteiger partial charge on any atom is -0.352 e. The van der Waals surface area contributed by atoms with E-state index in [4.69, 9.17) is 15.2 Å². The lowest BCUT2D eigenvalue weighted by molar-refractivity contribution is -0.120. The van der Waals surface area contributed by atoms with Crippen molar-refractivity contribution in [2.75, 3.05) is 24.7 Å². The molecule has 0 aromatic carbocycles. The Balaban J connectivity index is 3.44. The van der Waals surface area contributed by atoms with Crippen molar-refractivity contribution >= 4 is 11.8 Å². The molecule has 80 valence electrons. The van der Waals surface area contributed by atoms with Gasteiger partial charge in [0.25, 0.3) is 0 Å². The van der Waals surface area contributed by atoms with Crippen molar-refractivity contribution < 1.29 is 9.47 Å². The van der Waals surface area contributed by atoms with Crippen LogP contribution in [0.1, 0.15) is 20.8 Å². The number of rotatable bonds is 8. The smallest absolute Gasteiger partial charge is 0.166 e. The molecule has 0 aliphatic heterocycles. The van der Waals surface area contributed by atoms with Crippen LogP contribution < -0.4 is 5.73 Å². The number of thioether (sulfide) groups is 1. The maximum atomic E-state index is 5.62. The van der Waals surface area contributed by atoms with Gasteiger partial charge < -0.3 is 15.2 Å². The van der Waals surface area contributed by atoms with Crippen LogP contribution in [-0.4, -0.2) is 37.1 Å². The van der Waals surface area contributed by atoms with Gasteiger partial charge in [-0.25, -0.2) is 0 Å². The Morgan fingerprint density at radius 3 is 2.08 bits per heavy atom. The highest BCUT2D eigenvalue weighted by Gasteiger charge is 2.07. The zero-order valence-corrected chi connectivity index (χ0v) is 9.60. The maximum Gasteiger partial charge on any atom is 0.166 e. The van der Waals surface area contributed by atoms with Gasteiger partial charge in [-0.1, -0.05) is 0 Å². The molecular weight excluding hydrogens is 186 g/mol. The minimum absolute atomic E-state index is 0.0706. The second-order valence-electron chi connectivity index (χ2n) is 2.85. The molecule has 0 aromatic heterocycles. The van der Waals surface area contributed by atoms with Crippen molar-refractivity contribution in [2.45, 2.75) is 33.1 Å². The molecule has 0 saturated carbocycles. The summed E-state index contributed by atoms with van der Waals surface area (Å²) in [5.74, 6) is 1.82. The molecule has 0 amide bonds. The number of hydrogen-bond donors (Lipinski definition) is 1. The standard InChI is InChI=1S/C9H21NO2S/c1-4-11-9(12-5-2)7-13-6-8(3)10/h8-9H,4-7,10H2,1-3H3. The van der Waals surface area contributed by atoms with E-state index in [0.29, 0.717) is 13.2 Å². The predicted molar refractivity (Wildman–Crippen MR) is 58.0 cm³/mol. The van der Waals surface area contributed by atoms with E-state index in [1.165, 1.54) is 0 Å². The lowest BCUT2D eigenvalue weighted by Crippen LogP contribution is -2.23. The normalized spacial score (nSPS) is 13.6. The van der Waals surface area contributed by atoms with Gasteiger partial charge in [-0.05, 0) is 20.8 Å². The van der Waals surface area contributed by atoms with Crippen LogP contribution in [-0.2, 0) is 9.47 Å². The van der Waals surface area contributed by atoms with E-state index in [1.807, 2.05) is 20.8 Å². The van der Waals surface area contributed by atoms with Crippen LogP contribution in [0.4, 0.5) is 0 Å². The van der Waals surface area contributed by atoms with Crippen molar-refractivity contribution in [1.82, 2.24) is 0 Å². The SMILES string of the molecule is CCOC(CSCC(C)N)OCC. The summed E-state index contributed by atoms with van der Waals surface area (Å²) in [4.78, 5) is 0. The van der Waals surface area contributed by atoms with Gasteiger partial charge in [0, 0.05) is 30.8 Å². The molecule has 0 spiro atoms. The summed E-state index contributed by atoms with van der Waals surface area (Å²) >= 11 is 1.77.